The zero-order valence-electron chi connectivity index (χ0n) is 15.8. The Morgan fingerprint density at radius 3 is 2.32 bits per heavy atom. The quantitative estimate of drug-likeness (QED) is 0.414. The van der Waals surface area contributed by atoms with Gasteiger partial charge in [0.05, 0.1) is 6.21 Å². The molecule has 0 bridgehead atoms. The predicted octanol–water partition coefficient (Wildman–Crippen LogP) is 5.41. The maximum Gasteiger partial charge on any atom is 0.271 e. The normalized spacial score (nSPS) is 10.8. The molecule has 3 aromatic rings. The van der Waals surface area contributed by atoms with E-state index in [0.717, 1.165) is 32.5 Å². The lowest BCUT2D eigenvalue weighted by Gasteiger charge is -2.13. The maximum absolute atomic E-state index is 12.0. The number of carbonyl (C=O) groups excluding carboxylic acids is 1. The molecule has 4 nitrogen and oxygen atoms in total. The molecule has 3 rings (SSSR count). The highest BCUT2D eigenvalue weighted by atomic mass is 79.9. The fourth-order valence-corrected chi connectivity index (χ4v) is 3.11. The SMILES string of the molecule is Cc1cc(/C=N\NC(=O)c2ccccc2)cc(C)c1OCc1ccc(Br)cc1. The van der Waals surface area contributed by atoms with Crippen molar-refractivity contribution < 1.29 is 9.53 Å². The predicted molar refractivity (Wildman–Crippen MR) is 116 cm³/mol. The number of hydrazone groups is 1. The number of carbonyl (C=O) groups is 1. The van der Waals surface area contributed by atoms with E-state index in [0.29, 0.717) is 12.2 Å². The third-order valence-electron chi connectivity index (χ3n) is 4.19. The minimum absolute atomic E-state index is 0.236. The highest BCUT2D eigenvalue weighted by molar-refractivity contribution is 9.10. The van der Waals surface area contributed by atoms with Crippen LogP contribution in [0.2, 0.25) is 0 Å². The highest BCUT2D eigenvalue weighted by Gasteiger charge is 2.07. The van der Waals surface area contributed by atoms with Gasteiger partial charge in [-0.3, -0.25) is 4.79 Å². The van der Waals surface area contributed by atoms with Gasteiger partial charge < -0.3 is 4.74 Å². The first kappa shape index (κ1) is 19.8. The lowest BCUT2D eigenvalue weighted by molar-refractivity contribution is 0.0955. The second-order valence-corrected chi connectivity index (χ2v) is 7.38. The molecule has 0 saturated heterocycles. The van der Waals surface area contributed by atoms with Gasteiger partial charge in [0.25, 0.3) is 5.91 Å². The van der Waals surface area contributed by atoms with Crippen molar-refractivity contribution in [3.05, 3.63) is 99.0 Å². The van der Waals surface area contributed by atoms with Crippen LogP contribution in [0.25, 0.3) is 0 Å². The molecule has 1 N–H and O–H groups in total. The Morgan fingerprint density at radius 1 is 1.04 bits per heavy atom. The van der Waals surface area contributed by atoms with Crippen LogP contribution < -0.4 is 10.2 Å². The van der Waals surface area contributed by atoms with E-state index >= 15 is 0 Å². The second-order valence-electron chi connectivity index (χ2n) is 6.46. The molecule has 0 aromatic heterocycles. The lowest BCUT2D eigenvalue weighted by Crippen LogP contribution is -2.17. The number of nitrogens with one attached hydrogen (secondary N) is 1. The molecule has 0 aliphatic carbocycles. The molecule has 0 radical (unpaired) electrons. The van der Waals surface area contributed by atoms with Crippen LogP contribution in [0.3, 0.4) is 0 Å². The number of ether oxygens (including phenoxy) is 1. The summed E-state index contributed by atoms with van der Waals surface area (Å²) in [7, 11) is 0. The number of nitrogens with zero attached hydrogens (tertiary/aromatic N) is 1. The Morgan fingerprint density at radius 2 is 1.68 bits per heavy atom. The van der Waals surface area contributed by atoms with E-state index in [1.807, 2.05) is 68.4 Å². The van der Waals surface area contributed by atoms with Gasteiger partial charge in [0.2, 0.25) is 0 Å². The van der Waals surface area contributed by atoms with Crippen molar-refractivity contribution in [2.24, 2.45) is 5.10 Å². The summed E-state index contributed by atoms with van der Waals surface area (Å²) < 4.78 is 7.07. The monoisotopic (exact) mass is 436 g/mol. The van der Waals surface area contributed by atoms with Crippen molar-refractivity contribution in [2.45, 2.75) is 20.5 Å². The summed E-state index contributed by atoms with van der Waals surface area (Å²) in [6.45, 7) is 4.52. The van der Waals surface area contributed by atoms with E-state index in [4.69, 9.17) is 4.74 Å². The van der Waals surface area contributed by atoms with Crippen molar-refractivity contribution in [3.63, 3.8) is 0 Å². The van der Waals surface area contributed by atoms with E-state index in [9.17, 15) is 4.79 Å². The van der Waals surface area contributed by atoms with Gasteiger partial charge in [-0.2, -0.15) is 5.10 Å². The summed E-state index contributed by atoms with van der Waals surface area (Å²) in [6, 6.07) is 21.0. The number of benzene rings is 3. The van der Waals surface area contributed by atoms with Crippen LogP contribution in [0, 0.1) is 13.8 Å². The molecule has 5 heteroatoms. The fraction of sp³-hybridized carbons (Fsp3) is 0.130. The molecule has 1 amide bonds. The van der Waals surface area contributed by atoms with Crippen LogP contribution in [0.5, 0.6) is 5.75 Å². The molecular formula is C23H21BrN2O2. The molecule has 28 heavy (non-hydrogen) atoms. The van der Waals surface area contributed by atoms with Crippen LogP contribution in [0.1, 0.15) is 32.6 Å². The minimum atomic E-state index is -0.236. The summed E-state index contributed by atoms with van der Waals surface area (Å²) >= 11 is 3.44. The first-order valence-corrected chi connectivity index (χ1v) is 9.69. The largest absolute Gasteiger partial charge is 0.488 e. The lowest BCUT2D eigenvalue weighted by atomic mass is 10.1. The first-order valence-electron chi connectivity index (χ1n) is 8.90. The van der Waals surface area contributed by atoms with E-state index in [2.05, 4.69) is 26.5 Å². The summed E-state index contributed by atoms with van der Waals surface area (Å²) in [5.41, 5.74) is 7.17. The molecule has 142 valence electrons. The van der Waals surface area contributed by atoms with Crippen molar-refractivity contribution in [1.29, 1.82) is 0 Å². The highest BCUT2D eigenvalue weighted by Crippen LogP contribution is 2.25. The van der Waals surface area contributed by atoms with Crippen LogP contribution in [0.15, 0.2) is 76.3 Å². The van der Waals surface area contributed by atoms with Crippen molar-refractivity contribution in [1.82, 2.24) is 5.43 Å². The molecule has 0 unspecified atom stereocenters. The van der Waals surface area contributed by atoms with E-state index in [1.54, 1.807) is 18.3 Å². The third kappa shape index (κ3) is 5.30. The van der Waals surface area contributed by atoms with Gasteiger partial charge in [0.1, 0.15) is 12.4 Å². The molecule has 0 fully saturated rings. The Balaban J connectivity index is 1.64. The minimum Gasteiger partial charge on any atom is -0.488 e. The maximum atomic E-state index is 12.0. The van der Waals surface area contributed by atoms with Crippen LogP contribution in [-0.4, -0.2) is 12.1 Å². The molecule has 0 atom stereocenters. The topological polar surface area (TPSA) is 50.7 Å². The molecule has 0 aliphatic rings. The average molecular weight is 437 g/mol. The summed E-state index contributed by atoms with van der Waals surface area (Å²) in [5, 5.41) is 4.06. The summed E-state index contributed by atoms with van der Waals surface area (Å²) in [6.07, 6.45) is 1.64. The second kappa shape index (κ2) is 9.33. The van der Waals surface area contributed by atoms with Crippen molar-refractivity contribution in [3.8, 4) is 5.75 Å². The zero-order valence-corrected chi connectivity index (χ0v) is 17.4. The first-order chi connectivity index (χ1) is 13.5. The number of hydrogen-bond acceptors (Lipinski definition) is 3. The summed E-state index contributed by atoms with van der Waals surface area (Å²) in [4.78, 5) is 12.0. The van der Waals surface area contributed by atoms with Crippen molar-refractivity contribution >= 4 is 28.1 Å². The molecule has 0 spiro atoms. The van der Waals surface area contributed by atoms with Gasteiger partial charge >= 0.3 is 0 Å². The average Bonchev–Trinajstić information content (AvgIpc) is 2.69. The van der Waals surface area contributed by atoms with Crippen LogP contribution in [-0.2, 0) is 6.61 Å². The van der Waals surface area contributed by atoms with E-state index in [-0.39, 0.29) is 5.91 Å². The molecular weight excluding hydrogens is 416 g/mol. The van der Waals surface area contributed by atoms with Gasteiger partial charge in [-0.15, -0.1) is 0 Å². The number of amides is 1. The van der Waals surface area contributed by atoms with E-state index < -0.39 is 0 Å². The fourth-order valence-electron chi connectivity index (χ4n) is 2.84. The Bertz CT molecular complexity index is 960. The van der Waals surface area contributed by atoms with E-state index in [1.165, 1.54) is 0 Å². The smallest absolute Gasteiger partial charge is 0.271 e. The number of hydrogen-bond donors (Lipinski definition) is 1. The third-order valence-corrected chi connectivity index (χ3v) is 4.72. The molecule has 0 heterocycles. The van der Waals surface area contributed by atoms with Gasteiger partial charge in [-0.1, -0.05) is 46.3 Å². The van der Waals surface area contributed by atoms with Crippen LogP contribution in [0.4, 0.5) is 0 Å². The van der Waals surface area contributed by atoms with Gasteiger partial charge in [0, 0.05) is 10.0 Å². The Hall–Kier alpha value is -2.92. The molecule has 0 aliphatic heterocycles. The number of aryl methyl sites for hydroxylation is 2. The van der Waals surface area contributed by atoms with Crippen LogP contribution >= 0.6 is 15.9 Å². The Kier molecular flexibility index (Phi) is 6.61. The van der Waals surface area contributed by atoms with Gasteiger partial charge in [-0.25, -0.2) is 5.43 Å². The standard InChI is InChI=1S/C23H21BrN2O2/c1-16-12-19(14-25-26-23(27)20-6-4-3-5-7-20)13-17(2)22(16)28-15-18-8-10-21(24)11-9-18/h3-14H,15H2,1-2H3,(H,26,27)/b25-14-. The molecule has 3 aromatic carbocycles. The Labute approximate surface area is 173 Å². The van der Waals surface area contributed by atoms with Gasteiger partial charge in [-0.05, 0) is 72.5 Å². The zero-order chi connectivity index (χ0) is 19.9. The number of halogens is 1. The summed E-state index contributed by atoms with van der Waals surface area (Å²) in [5.74, 6) is 0.633. The van der Waals surface area contributed by atoms with Gasteiger partial charge in [0.15, 0.2) is 0 Å². The van der Waals surface area contributed by atoms with Crippen molar-refractivity contribution in [2.75, 3.05) is 0 Å². The molecule has 0 saturated carbocycles. The number of rotatable bonds is 6.